The number of carbonyl (C=O) groups is 1. The molecule has 0 atom stereocenters. The highest BCUT2D eigenvalue weighted by molar-refractivity contribution is 7.99. The molecule has 2 rings (SSSR count). The molecule has 0 saturated heterocycles. The van der Waals surface area contributed by atoms with Gasteiger partial charge in [0.25, 0.3) is 0 Å². The molecule has 1 amide bonds. The summed E-state index contributed by atoms with van der Waals surface area (Å²) in [5.74, 6) is -0.0285. The van der Waals surface area contributed by atoms with Crippen LogP contribution in [-0.2, 0) is 11.2 Å². The number of H-pyrrole nitrogens is 1. The van der Waals surface area contributed by atoms with Gasteiger partial charge in [0.1, 0.15) is 11.6 Å². The summed E-state index contributed by atoms with van der Waals surface area (Å²) in [6.45, 7) is 1.95. The smallest absolute Gasteiger partial charge is 0.234 e. The highest BCUT2D eigenvalue weighted by atomic mass is 35.5. The fraction of sp³-hybridized carbons (Fsp3) is 0.250. The van der Waals surface area contributed by atoms with Crippen molar-refractivity contribution in [3.63, 3.8) is 0 Å². The maximum absolute atomic E-state index is 13.4. The summed E-state index contributed by atoms with van der Waals surface area (Å²) in [5, 5.41) is 10.0. The predicted octanol–water partition coefficient (Wildman–Crippen LogP) is 2.89. The number of hydrogen-bond acceptors (Lipinski definition) is 4. The van der Waals surface area contributed by atoms with Crippen molar-refractivity contribution in [1.82, 2.24) is 15.2 Å². The Morgan fingerprint density at radius 1 is 1.55 bits per heavy atom. The lowest BCUT2D eigenvalue weighted by molar-refractivity contribution is -0.113. The normalized spacial score (nSPS) is 10.6. The lowest BCUT2D eigenvalue weighted by atomic mass is 10.3. The third-order valence-corrected chi connectivity index (χ3v) is 3.46. The standard InChI is InChI=1S/C12H12ClFN4OS/c1-2-10-16-12(18-17-10)20-6-11(19)15-9-5-7(13)3-4-8(9)14/h3-5H,2,6H2,1H3,(H,15,19)(H,16,17,18). The summed E-state index contributed by atoms with van der Waals surface area (Å²) in [4.78, 5) is 15.9. The number of amides is 1. The van der Waals surface area contributed by atoms with Crippen molar-refractivity contribution >= 4 is 35.0 Å². The first-order valence-electron chi connectivity index (χ1n) is 5.87. The van der Waals surface area contributed by atoms with E-state index in [4.69, 9.17) is 11.6 Å². The first-order valence-corrected chi connectivity index (χ1v) is 7.24. The molecule has 2 N–H and O–H groups in total. The Kier molecular flexibility index (Phi) is 4.97. The van der Waals surface area contributed by atoms with E-state index >= 15 is 0 Å². The summed E-state index contributed by atoms with van der Waals surface area (Å²) in [6.07, 6.45) is 0.744. The first kappa shape index (κ1) is 14.8. The number of aromatic amines is 1. The Bertz CT molecular complexity index is 619. The molecule has 0 bridgehead atoms. The number of carbonyl (C=O) groups excluding carboxylic acids is 1. The van der Waals surface area contributed by atoms with Crippen LogP contribution in [0.15, 0.2) is 23.4 Å². The predicted molar refractivity (Wildman–Crippen MR) is 76.5 cm³/mol. The summed E-state index contributed by atoms with van der Waals surface area (Å²) < 4.78 is 13.4. The van der Waals surface area contributed by atoms with E-state index < -0.39 is 5.82 Å². The number of rotatable bonds is 5. The third kappa shape index (κ3) is 3.94. The molecule has 0 radical (unpaired) electrons. The number of benzene rings is 1. The van der Waals surface area contributed by atoms with Crippen molar-refractivity contribution in [3.05, 3.63) is 34.9 Å². The SMILES string of the molecule is CCc1nc(SCC(=O)Nc2cc(Cl)ccc2F)n[nH]1. The number of halogens is 2. The van der Waals surface area contributed by atoms with Gasteiger partial charge in [0, 0.05) is 11.4 Å². The van der Waals surface area contributed by atoms with Crippen LogP contribution in [0, 0.1) is 5.82 Å². The molecule has 106 valence electrons. The second kappa shape index (κ2) is 6.71. The lowest BCUT2D eigenvalue weighted by Crippen LogP contribution is -2.15. The van der Waals surface area contributed by atoms with Crippen LogP contribution in [0.5, 0.6) is 0 Å². The second-order valence-electron chi connectivity index (χ2n) is 3.88. The molecule has 0 saturated carbocycles. The van der Waals surface area contributed by atoms with Crippen molar-refractivity contribution < 1.29 is 9.18 Å². The molecule has 0 spiro atoms. The van der Waals surface area contributed by atoms with Gasteiger partial charge >= 0.3 is 0 Å². The Morgan fingerprint density at radius 2 is 2.35 bits per heavy atom. The average molecular weight is 315 g/mol. The van der Waals surface area contributed by atoms with Gasteiger partial charge in [-0.15, -0.1) is 5.10 Å². The molecule has 20 heavy (non-hydrogen) atoms. The van der Waals surface area contributed by atoms with E-state index in [0.29, 0.717) is 10.2 Å². The highest BCUT2D eigenvalue weighted by Gasteiger charge is 2.10. The van der Waals surface area contributed by atoms with Gasteiger partial charge in [-0.1, -0.05) is 30.3 Å². The molecular weight excluding hydrogens is 303 g/mol. The van der Waals surface area contributed by atoms with Crippen LogP contribution in [0.25, 0.3) is 0 Å². The van der Waals surface area contributed by atoms with Crippen LogP contribution in [0.1, 0.15) is 12.7 Å². The number of anilines is 1. The van der Waals surface area contributed by atoms with Crippen molar-refractivity contribution in [2.45, 2.75) is 18.5 Å². The second-order valence-corrected chi connectivity index (χ2v) is 5.26. The quantitative estimate of drug-likeness (QED) is 0.833. The summed E-state index contributed by atoms with van der Waals surface area (Å²) in [7, 11) is 0. The maximum Gasteiger partial charge on any atom is 0.234 e. The van der Waals surface area contributed by atoms with Gasteiger partial charge in [0.05, 0.1) is 11.4 Å². The fourth-order valence-corrected chi connectivity index (χ4v) is 2.20. The average Bonchev–Trinajstić information content (AvgIpc) is 2.89. The Morgan fingerprint density at radius 3 is 3.05 bits per heavy atom. The third-order valence-electron chi connectivity index (χ3n) is 2.38. The van der Waals surface area contributed by atoms with Crippen molar-refractivity contribution in [2.24, 2.45) is 0 Å². The van der Waals surface area contributed by atoms with Crippen LogP contribution in [-0.4, -0.2) is 26.8 Å². The monoisotopic (exact) mass is 314 g/mol. The summed E-state index contributed by atoms with van der Waals surface area (Å²) >= 11 is 6.92. The van der Waals surface area contributed by atoms with Gasteiger partial charge in [-0.25, -0.2) is 9.37 Å². The molecule has 0 aliphatic carbocycles. The molecule has 1 aromatic heterocycles. The molecule has 5 nitrogen and oxygen atoms in total. The van der Waals surface area contributed by atoms with Gasteiger partial charge in [-0.3, -0.25) is 9.89 Å². The molecule has 0 aliphatic rings. The zero-order chi connectivity index (χ0) is 14.5. The molecule has 2 aromatic rings. The maximum atomic E-state index is 13.4. The lowest BCUT2D eigenvalue weighted by Gasteiger charge is -2.05. The van der Waals surface area contributed by atoms with Gasteiger partial charge in [-0.2, -0.15) is 0 Å². The number of thioether (sulfide) groups is 1. The Labute approximate surface area is 124 Å². The molecule has 1 heterocycles. The van der Waals surface area contributed by atoms with Crippen LogP contribution in [0.4, 0.5) is 10.1 Å². The zero-order valence-corrected chi connectivity index (χ0v) is 12.2. The van der Waals surface area contributed by atoms with Gasteiger partial charge in [-0.05, 0) is 18.2 Å². The van der Waals surface area contributed by atoms with E-state index in [9.17, 15) is 9.18 Å². The number of aryl methyl sites for hydroxylation is 1. The van der Waals surface area contributed by atoms with Crippen molar-refractivity contribution in [2.75, 3.05) is 11.1 Å². The number of nitrogens with zero attached hydrogens (tertiary/aromatic N) is 2. The van der Waals surface area contributed by atoms with E-state index in [0.717, 1.165) is 12.2 Å². The van der Waals surface area contributed by atoms with Crippen molar-refractivity contribution in [3.8, 4) is 0 Å². The number of hydrogen-bond donors (Lipinski definition) is 2. The van der Waals surface area contributed by atoms with E-state index in [1.807, 2.05) is 6.92 Å². The highest BCUT2D eigenvalue weighted by Crippen LogP contribution is 2.20. The van der Waals surface area contributed by atoms with Crippen LogP contribution in [0.3, 0.4) is 0 Å². The minimum atomic E-state index is -0.529. The van der Waals surface area contributed by atoms with Crippen LogP contribution in [0.2, 0.25) is 5.02 Å². The van der Waals surface area contributed by atoms with E-state index in [1.54, 1.807) is 0 Å². The first-order chi connectivity index (χ1) is 9.58. The molecule has 0 fully saturated rings. The molecule has 1 aromatic carbocycles. The summed E-state index contributed by atoms with van der Waals surface area (Å²) in [6, 6.07) is 3.98. The van der Waals surface area contributed by atoms with Crippen LogP contribution >= 0.6 is 23.4 Å². The largest absolute Gasteiger partial charge is 0.323 e. The zero-order valence-electron chi connectivity index (χ0n) is 10.6. The van der Waals surface area contributed by atoms with Gasteiger partial charge in [0.15, 0.2) is 0 Å². The van der Waals surface area contributed by atoms with Gasteiger partial charge in [0.2, 0.25) is 11.1 Å². The topological polar surface area (TPSA) is 70.7 Å². The minimum absolute atomic E-state index is 0.0623. The number of aromatic nitrogens is 3. The molecule has 0 unspecified atom stereocenters. The minimum Gasteiger partial charge on any atom is -0.323 e. The van der Waals surface area contributed by atoms with E-state index in [2.05, 4.69) is 20.5 Å². The number of nitrogens with one attached hydrogen (secondary N) is 2. The van der Waals surface area contributed by atoms with E-state index in [-0.39, 0.29) is 17.3 Å². The van der Waals surface area contributed by atoms with Crippen LogP contribution < -0.4 is 5.32 Å². The Hall–Kier alpha value is -1.60. The summed E-state index contributed by atoms with van der Waals surface area (Å²) in [5.41, 5.74) is 0.0623. The van der Waals surface area contributed by atoms with E-state index in [1.165, 1.54) is 30.0 Å². The molecule has 8 heteroatoms. The van der Waals surface area contributed by atoms with Gasteiger partial charge < -0.3 is 5.32 Å². The fourth-order valence-electron chi connectivity index (χ4n) is 1.41. The molecular formula is C12H12ClFN4OS. The van der Waals surface area contributed by atoms with Crippen molar-refractivity contribution in [1.29, 1.82) is 0 Å². The molecule has 0 aliphatic heterocycles. The Balaban J connectivity index is 1.90.